The average Bonchev–Trinajstić information content (AvgIpc) is 3.46. The fourth-order valence-electron chi connectivity index (χ4n) is 2.77. The molecule has 0 spiro atoms. The molecule has 0 radical (unpaired) electrons. The van der Waals surface area contributed by atoms with Crippen molar-refractivity contribution in [3.8, 4) is 22.1 Å². The normalized spacial score (nSPS) is 11.2. The molecule has 0 unspecified atom stereocenters. The summed E-state index contributed by atoms with van der Waals surface area (Å²) in [5.41, 5.74) is 1.33. The van der Waals surface area contributed by atoms with Gasteiger partial charge in [-0.1, -0.05) is 46.8 Å². The van der Waals surface area contributed by atoms with Gasteiger partial charge in [-0.25, -0.2) is 9.97 Å². The number of rotatable bonds is 7. The van der Waals surface area contributed by atoms with E-state index in [1.807, 2.05) is 30.3 Å². The van der Waals surface area contributed by atoms with Crippen LogP contribution in [-0.2, 0) is 11.2 Å². The number of carbonyl (C=O) groups is 1. The summed E-state index contributed by atoms with van der Waals surface area (Å²) in [5, 5.41) is 6.90. The van der Waals surface area contributed by atoms with E-state index >= 15 is 0 Å². The molecule has 3 heterocycles. The second kappa shape index (κ2) is 8.49. The number of aromatic nitrogens is 5. The van der Waals surface area contributed by atoms with Gasteiger partial charge >= 0.3 is 6.55 Å². The summed E-state index contributed by atoms with van der Waals surface area (Å²) in [6, 6.07) is 9.36. The van der Waals surface area contributed by atoms with Crippen molar-refractivity contribution < 1.29 is 18.1 Å². The van der Waals surface area contributed by atoms with E-state index in [2.05, 4.69) is 25.4 Å². The molecule has 1 aromatic carbocycles. The number of halogens is 2. The molecule has 0 aliphatic carbocycles. The molecule has 0 saturated carbocycles. The van der Waals surface area contributed by atoms with Crippen molar-refractivity contribution in [2.75, 3.05) is 5.32 Å². The predicted octanol–water partition coefficient (Wildman–Crippen LogP) is 4.33. The number of benzene rings is 1. The van der Waals surface area contributed by atoms with Crippen LogP contribution >= 0.6 is 11.3 Å². The monoisotopic (exact) mass is 430 g/mol. The first kappa shape index (κ1) is 19.8. The number of thiazole rings is 1. The van der Waals surface area contributed by atoms with E-state index in [1.165, 1.54) is 12.4 Å². The summed E-state index contributed by atoms with van der Waals surface area (Å²) < 4.78 is 32.1. The first-order valence-corrected chi connectivity index (χ1v) is 9.79. The highest BCUT2D eigenvalue weighted by Crippen LogP contribution is 2.33. The lowest BCUT2D eigenvalue weighted by molar-refractivity contribution is -0.116. The van der Waals surface area contributed by atoms with Crippen LogP contribution in [0.1, 0.15) is 24.6 Å². The number of nitrogens with one attached hydrogen (secondary N) is 1. The first-order valence-electron chi connectivity index (χ1n) is 8.98. The SMILES string of the molecule is Cc1nc(NC(=O)CCc2nc(-c3ccccc3)no2)sc1-c1nccn1C(F)F. The van der Waals surface area contributed by atoms with Gasteiger partial charge in [-0.3, -0.25) is 9.36 Å². The number of aryl methyl sites for hydroxylation is 2. The summed E-state index contributed by atoms with van der Waals surface area (Å²) in [7, 11) is 0. The van der Waals surface area contributed by atoms with Crippen molar-refractivity contribution in [1.29, 1.82) is 0 Å². The Hall–Kier alpha value is -3.47. The van der Waals surface area contributed by atoms with Crippen molar-refractivity contribution in [3.63, 3.8) is 0 Å². The van der Waals surface area contributed by atoms with E-state index in [9.17, 15) is 13.6 Å². The van der Waals surface area contributed by atoms with E-state index < -0.39 is 6.55 Å². The number of imidazole rings is 1. The van der Waals surface area contributed by atoms with Gasteiger partial charge in [0, 0.05) is 30.8 Å². The number of alkyl halides is 2. The summed E-state index contributed by atoms with van der Waals surface area (Å²) in [5.74, 6) is 0.617. The molecule has 30 heavy (non-hydrogen) atoms. The van der Waals surface area contributed by atoms with Crippen LogP contribution in [0.15, 0.2) is 47.2 Å². The molecule has 1 N–H and O–H groups in total. The van der Waals surface area contributed by atoms with Gasteiger partial charge in [0.25, 0.3) is 0 Å². The smallest absolute Gasteiger partial charge is 0.320 e. The maximum atomic E-state index is 13.1. The molecule has 0 aliphatic rings. The van der Waals surface area contributed by atoms with Crippen molar-refractivity contribution in [3.05, 3.63) is 54.3 Å². The molecule has 0 aliphatic heterocycles. The van der Waals surface area contributed by atoms with Gasteiger partial charge in [-0.05, 0) is 6.92 Å². The van der Waals surface area contributed by atoms with Gasteiger partial charge in [-0.2, -0.15) is 13.8 Å². The fourth-order valence-corrected chi connectivity index (χ4v) is 3.75. The largest absolute Gasteiger partial charge is 0.339 e. The Kier molecular flexibility index (Phi) is 5.61. The van der Waals surface area contributed by atoms with E-state index in [0.717, 1.165) is 21.5 Å². The molecule has 4 aromatic rings. The zero-order valence-electron chi connectivity index (χ0n) is 15.7. The Bertz CT molecular complexity index is 1150. The number of anilines is 1. The molecular weight excluding hydrogens is 414 g/mol. The van der Waals surface area contributed by atoms with E-state index in [1.54, 1.807) is 6.92 Å². The van der Waals surface area contributed by atoms with E-state index in [0.29, 0.717) is 27.4 Å². The minimum atomic E-state index is -2.71. The van der Waals surface area contributed by atoms with Crippen LogP contribution in [0, 0.1) is 6.92 Å². The topological polar surface area (TPSA) is 98.7 Å². The highest BCUT2D eigenvalue weighted by Gasteiger charge is 2.19. The lowest BCUT2D eigenvalue weighted by Gasteiger charge is -2.04. The van der Waals surface area contributed by atoms with Gasteiger partial charge in [0.1, 0.15) is 0 Å². The molecule has 0 saturated heterocycles. The Morgan fingerprint density at radius 1 is 1.27 bits per heavy atom. The molecule has 0 bridgehead atoms. The zero-order chi connectivity index (χ0) is 21.1. The number of hydrogen-bond donors (Lipinski definition) is 1. The lowest BCUT2D eigenvalue weighted by Crippen LogP contribution is -2.12. The van der Waals surface area contributed by atoms with Crippen molar-refractivity contribution >= 4 is 22.4 Å². The summed E-state index contributed by atoms with van der Waals surface area (Å²) in [6.07, 6.45) is 2.87. The second-order valence-corrected chi connectivity index (χ2v) is 7.29. The molecule has 3 aromatic heterocycles. The third-order valence-corrected chi connectivity index (χ3v) is 5.26. The van der Waals surface area contributed by atoms with Crippen LogP contribution in [0.2, 0.25) is 0 Å². The van der Waals surface area contributed by atoms with Crippen LogP contribution in [0.3, 0.4) is 0 Å². The number of nitrogens with zero attached hydrogens (tertiary/aromatic N) is 5. The van der Waals surface area contributed by atoms with E-state index in [-0.39, 0.29) is 24.6 Å². The van der Waals surface area contributed by atoms with Crippen molar-refractivity contribution in [1.82, 2.24) is 24.7 Å². The minimum absolute atomic E-state index is 0.107. The Labute approximate surface area is 173 Å². The summed E-state index contributed by atoms with van der Waals surface area (Å²) >= 11 is 1.09. The maximum Gasteiger partial charge on any atom is 0.320 e. The van der Waals surface area contributed by atoms with Crippen LogP contribution in [0.25, 0.3) is 22.1 Å². The number of amides is 1. The quantitative estimate of drug-likeness (QED) is 0.469. The molecular formula is C19H16F2N6O2S. The van der Waals surface area contributed by atoms with Crippen molar-refractivity contribution in [2.24, 2.45) is 0 Å². The van der Waals surface area contributed by atoms with Crippen molar-refractivity contribution in [2.45, 2.75) is 26.3 Å². The number of hydrogen-bond acceptors (Lipinski definition) is 7. The van der Waals surface area contributed by atoms with Gasteiger partial charge in [0.15, 0.2) is 11.0 Å². The zero-order valence-corrected chi connectivity index (χ0v) is 16.6. The van der Waals surface area contributed by atoms with Gasteiger partial charge in [-0.15, -0.1) is 0 Å². The molecule has 8 nitrogen and oxygen atoms in total. The fraction of sp³-hybridized carbons (Fsp3) is 0.211. The predicted molar refractivity (Wildman–Crippen MR) is 106 cm³/mol. The molecule has 4 rings (SSSR count). The summed E-state index contributed by atoms with van der Waals surface area (Å²) in [6.45, 7) is -1.03. The Morgan fingerprint density at radius 3 is 2.83 bits per heavy atom. The van der Waals surface area contributed by atoms with Gasteiger partial charge in [0.2, 0.25) is 17.6 Å². The first-order chi connectivity index (χ1) is 14.5. The third kappa shape index (κ3) is 4.25. The highest BCUT2D eigenvalue weighted by atomic mass is 32.1. The van der Waals surface area contributed by atoms with E-state index in [4.69, 9.17) is 4.52 Å². The maximum absolute atomic E-state index is 13.1. The molecule has 0 fully saturated rings. The highest BCUT2D eigenvalue weighted by molar-refractivity contribution is 7.19. The Balaban J connectivity index is 1.38. The number of carbonyl (C=O) groups excluding carboxylic acids is 1. The van der Waals surface area contributed by atoms with Gasteiger partial charge in [0.05, 0.1) is 10.6 Å². The van der Waals surface area contributed by atoms with Crippen LogP contribution in [-0.4, -0.2) is 30.6 Å². The van der Waals surface area contributed by atoms with Crippen LogP contribution < -0.4 is 5.32 Å². The van der Waals surface area contributed by atoms with Crippen LogP contribution in [0.4, 0.5) is 13.9 Å². The standard InChI is InChI=1S/C19H16F2N6O2S/c1-11-15(17-22-9-10-27(17)18(20)21)30-19(23-11)24-13(28)7-8-14-25-16(26-29-14)12-5-3-2-4-6-12/h2-6,9-10,18H,7-8H2,1H3,(H,23,24,28). The Morgan fingerprint density at radius 2 is 2.07 bits per heavy atom. The molecule has 0 atom stereocenters. The molecule has 154 valence electrons. The minimum Gasteiger partial charge on any atom is -0.339 e. The van der Waals surface area contributed by atoms with Crippen LogP contribution in [0.5, 0.6) is 0 Å². The molecule has 11 heteroatoms. The second-order valence-electron chi connectivity index (χ2n) is 6.30. The third-order valence-electron chi connectivity index (χ3n) is 4.19. The molecule has 1 amide bonds. The summed E-state index contributed by atoms with van der Waals surface area (Å²) in [4.78, 5) is 25.2. The lowest BCUT2D eigenvalue weighted by atomic mass is 10.2. The van der Waals surface area contributed by atoms with Gasteiger partial charge < -0.3 is 9.84 Å². The average molecular weight is 430 g/mol.